The van der Waals surface area contributed by atoms with Crippen molar-refractivity contribution in [2.75, 3.05) is 13.7 Å². The van der Waals surface area contributed by atoms with Gasteiger partial charge >= 0.3 is 5.97 Å². The van der Waals surface area contributed by atoms with Crippen LogP contribution in [-0.4, -0.2) is 35.7 Å². The number of nitrogens with one attached hydrogen (secondary N) is 1. The fourth-order valence-corrected chi connectivity index (χ4v) is 2.65. The molecule has 2 heterocycles. The number of nitrogens with zero attached hydrogens (tertiary/aromatic N) is 2. The number of benzene rings is 1. The predicted octanol–water partition coefficient (Wildman–Crippen LogP) is 2.28. The van der Waals surface area contributed by atoms with Crippen molar-refractivity contribution in [1.82, 2.24) is 15.5 Å². The quantitative estimate of drug-likeness (QED) is 0.634. The van der Waals surface area contributed by atoms with Gasteiger partial charge in [0, 0.05) is 5.56 Å². The Morgan fingerprint density at radius 2 is 2.04 bits per heavy atom. The van der Waals surface area contributed by atoms with Crippen LogP contribution in [0.4, 0.5) is 0 Å². The van der Waals surface area contributed by atoms with Gasteiger partial charge in [-0.3, -0.25) is 9.59 Å². The van der Waals surface area contributed by atoms with Crippen molar-refractivity contribution in [1.29, 1.82) is 0 Å². The average molecular weight is 373 g/mol. The van der Waals surface area contributed by atoms with Crippen LogP contribution in [0.15, 0.2) is 46.3 Å². The van der Waals surface area contributed by atoms with Gasteiger partial charge in [0.2, 0.25) is 5.82 Å². The normalized spacial score (nSPS) is 10.3. The second kappa shape index (κ2) is 8.26. The molecule has 0 fully saturated rings. The highest BCUT2D eigenvalue weighted by molar-refractivity contribution is 7.12. The smallest absolute Gasteiger partial charge is 0.325 e. The molecule has 9 heteroatoms. The third-order valence-corrected chi connectivity index (χ3v) is 4.17. The largest absolute Gasteiger partial charge is 0.497 e. The summed E-state index contributed by atoms with van der Waals surface area (Å²) in [6, 6.07) is 10.5. The van der Waals surface area contributed by atoms with Crippen LogP contribution in [0.2, 0.25) is 0 Å². The molecule has 0 spiro atoms. The van der Waals surface area contributed by atoms with Gasteiger partial charge in [-0.05, 0) is 35.7 Å². The monoisotopic (exact) mass is 373 g/mol. The van der Waals surface area contributed by atoms with Crippen molar-refractivity contribution in [2.24, 2.45) is 0 Å². The van der Waals surface area contributed by atoms with Gasteiger partial charge in [0.15, 0.2) is 6.61 Å². The Morgan fingerprint density at radius 1 is 1.23 bits per heavy atom. The highest BCUT2D eigenvalue weighted by Gasteiger charge is 2.13. The summed E-state index contributed by atoms with van der Waals surface area (Å²) in [5, 5.41) is 8.03. The number of carbonyl (C=O) groups excluding carboxylic acids is 2. The lowest BCUT2D eigenvalue weighted by atomic mass is 10.2. The highest BCUT2D eigenvalue weighted by atomic mass is 32.1. The molecule has 0 atom stereocenters. The lowest BCUT2D eigenvalue weighted by molar-refractivity contribution is -0.143. The number of aromatic nitrogens is 2. The summed E-state index contributed by atoms with van der Waals surface area (Å²) in [5.74, 6) is 0.342. The summed E-state index contributed by atoms with van der Waals surface area (Å²) in [4.78, 5) is 28.1. The van der Waals surface area contributed by atoms with Gasteiger partial charge in [-0.25, -0.2) is 0 Å². The molecule has 3 rings (SSSR count). The fourth-order valence-electron chi connectivity index (χ4n) is 2.01. The van der Waals surface area contributed by atoms with E-state index in [1.54, 1.807) is 48.9 Å². The zero-order valence-corrected chi connectivity index (χ0v) is 14.6. The number of methoxy groups -OCH3 is 1. The van der Waals surface area contributed by atoms with Gasteiger partial charge in [-0.1, -0.05) is 11.2 Å². The first-order valence-electron chi connectivity index (χ1n) is 7.60. The van der Waals surface area contributed by atoms with E-state index in [4.69, 9.17) is 14.0 Å². The van der Waals surface area contributed by atoms with Crippen molar-refractivity contribution in [2.45, 2.75) is 6.61 Å². The van der Waals surface area contributed by atoms with Gasteiger partial charge < -0.3 is 19.3 Å². The number of esters is 1. The average Bonchev–Trinajstić information content (AvgIpc) is 3.36. The van der Waals surface area contributed by atoms with Crippen LogP contribution in [0.5, 0.6) is 5.75 Å². The van der Waals surface area contributed by atoms with Crippen molar-refractivity contribution >= 4 is 23.2 Å². The van der Waals surface area contributed by atoms with E-state index >= 15 is 0 Å². The van der Waals surface area contributed by atoms with Gasteiger partial charge in [0.05, 0.1) is 12.0 Å². The van der Waals surface area contributed by atoms with Crippen LogP contribution in [-0.2, 0) is 16.1 Å². The maximum absolute atomic E-state index is 11.7. The molecule has 8 nitrogen and oxygen atoms in total. The van der Waals surface area contributed by atoms with E-state index in [0.29, 0.717) is 16.5 Å². The molecule has 1 aromatic carbocycles. The summed E-state index contributed by atoms with van der Waals surface area (Å²) in [6.45, 7) is -0.382. The Labute approximate surface area is 152 Å². The molecule has 0 radical (unpaired) electrons. The van der Waals surface area contributed by atoms with E-state index in [0.717, 1.165) is 5.56 Å². The zero-order valence-electron chi connectivity index (χ0n) is 13.8. The Kier molecular flexibility index (Phi) is 5.59. The van der Waals surface area contributed by atoms with Crippen molar-refractivity contribution in [3.05, 3.63) is 52.5 Å². The molecule has 2 aromatic heterocycles. The van der Waals surface area contributed by atoms with Gasteiger partial charge in [0.1, 0.15) is 12.3 Å². The van der Waals surface area contributed by atoms with Gasteiger partial charge in [-0.2, -0.15) is 4.98 Å². The third kappa shape index (κ3) is 4.45. The number of ether oxygens (including phenoxy) is 2. The van der Waals surface area contributed by atoms with Crippen LogP contribution >= 0.6 is 11.3 Å². The van der Waals surface area contributed by atoms with Crippen molar-refractivity contribution < 1.29 is 23.6 Å². The lowest BCUT2D eigenvalue weighted by Gasteiger charge is -2.03. The topological polar surface area (TPSA) is 104 Å². The van der Waals surface area contributed by atoms with E-state index in [9.17, 15) is 9.59 Å². The van der Waals surface area contributed by atoms with Crippen LogP contribution in [0, 0.1) is 0 Å². The first-order chi connectivity index (χ1) is 12.7. The Morgan fingerprint density at radius 3 is 2.73 bits per heavy atom. The summed E-state index contributed by atoms with van der Waals surface area (Å²) < 4.78 is 15.3. The van der Waals surface area contributed by atoms with Crippen LogP contribution < -0.4 is 10.1 Å². The van der Waals surface area contributed by atoms with E-state index < -0.39 is 5.97 Å². The first-order valence-corrected chi connectivity index (χ1v) is 8.48. The predicted molar refractivity (Wildman–Crippen MR) is 92.7 cm³/mol. The van der Waals surface area contributed by atoms with Crippen LogP contribution in [0.3, 0.4) is 0 Å². The second-order valence-electron chi connectivity index (χ2n) is 5.06. The minimum absolute atomic E-state index is 0.145. The SMILES string of the molecule is COc1ccc(-c2nc(COC(=O)CNC(=O)c3cccs3)no2)cc1. The van der Waals surface area contributed by atoms with E-state index in [2.05, 4.69) is 15.5 Å². The molecule has 3 aromatic rings. The Bertz CT molecular complexity index is 874. The van der Waals surface area contributed by atoms with Gasteiger partial charge in [-0.15, -0.1) is 11.3 Å². The van der Waals surface area contributed by atoms with Gasteiger partial charge in [0.25, 0.3) is 11.8 Å². The number of hydrogen-bond acceptors (Lipinski definition) is 8. The molecular formula is C17H15N3O5S. The Hall–Kier alpha value is -3.20. The number of amides is 1. The van der Waals surface area contributed by atoms with E-state index in [-0.39, 0.29) is 24.9 Å². The summed E-state index contributed by atoms with van der Waals surface area (Å²) >= 11 is 1.29. The first kappa shape index (κ1) is 17.6. The molecule has 26 heavy (non-hydrogen) atoms. The molecule has 0 aliphatic carbocycles. The summed E-state index contributed by atoms with van der Waals surface area (Å²) in [6.07, 6.45) is 0. The molecule has 0 unspecified atom stereocenters. The number of carbonyl (C=O) groups is 2. The van der Waals surface area contributed by atoms with E-state index in [1.165, 1.54) is 11.3 Å². The van der Waals surface area contributed by atoms with Crippen LogP contribution in [0.25, 0.3) is 11.5 Å². The minimum atomic E-state index is -0.592. The number of hydrogen-bond donors (Lipinski definition) is 1. The lowest BCUT2D eigenvalue weighted by Crippen LogP contribution is -2.30. The summed E-state index contributed by atoms with van der Waals surface area (Å²) in [7, 11) is 1.58. The van der Waals surface area contributed by atoms with Crippen molar-refractivity contribution in [3.8, 4) is 17.2 Å². The molecule has 0 saturated heterocycles. The standard InChI is InChI=1S/C17H15N3O5S/c1-23-12-6-4-11(5-7-12)17-19-14(20-25-17)10-24-15(21)9-18-16(22)13-3-2-8-26-13/h2-8H,9-10H2,1H3,(H,18,22). The van der Waals surface area contributed by atoms with Crippen LogP contribution in [0.1, 0.15) is 15.5 Å². The molecule has 0 aliphatic heterocycles. The molecule has 1 amide bonds. The molecule has 0 bridgehead atoms. The summed E-state index contributed by atoms with van der Waals surface area (Å²) in [5.41, 5.74) is 0.721. The van der Waals surface area contributed by atoms with Crippen molar-refractivity contribution in [3.63, 3.8) is 0 Å². The third-order valence-electron chi connectivity index (χ3n) is 3.31. The number of thiophene rings is 1. The number of rotatable bonds is 7. The highest BCUT2D eigenvalue weighted by Crippen LogP contribution is 2.20. The second-order valence-corrected chi connectivity index (χ2v) is 6.01. The minimum Gasteiger partial charge on any atom is -0.497 e. The maximum Gasteiger partial charge on any atom is 0.325 e. The molecule has 1 N–H and O–H groups in total. The molecule has 134 valence electrons. The zero-order chi connectivity index (χ0) is 18.4. The molecule has 0 aliphatic rings. The molecular weight excluding hydrogens is 358 g/mol. The molecule has 0 saturated carbocycles. The maximum atomic E-state index is 11.7. The van der Waals surface area contributed by atoms with E-state index in [1.807, 2.05) is 0 Å². The fraction of sp³-hybridized carbons (Fsp3) is 0.176. The Balaban J connectivity index is 1.48.